The van der Waals surface area contributed by atoms with Crippen molar-refractivity contribution < 1.29 is 22.4 Å². The van der Waals surface area contributed by atoms with Crippen LogP contribution in [-0.2, 0) is 32.6 Å². The Labute approximate surface area is 230 Å². The second-order valence-corrected chi connectivity index (χ2v) is 11.7. The van der Waals surface area contributed by atoms with Gasteiger partial charge in [-0.2, -0.15) is 0 Å². The molecule has 3 aromatic rings. The predicted octanol–water partition coefficient (Wildman–Crippen LogP) is 4.45. The number of halogens is 1. The zero-order valence-electron chi connectivity index (χ0n) is 22.8. The summed E-state index contributed by atoms with van der Waals surface area (Å²) in [5.74, 6) is -1.73. The minimum absolute atomic E-state index is 0.0689. The molecular formula is C30H36FN3O4S. The highest BCUT2D eigenvalue weighted by molar-refractivity contribution is 7.92. The van der Waals surface area contributed by atoms with Crippen LogP contribution in [0.15, 0.2) is 78.9 Å². The summed E-state index contributed by atoms with van der Waals surface area (Å²) in [5, 5.41) is 2.98. The number of benzene rings is 3. The van der Waals surface area contributed by atoms with Gasteiger partial charge in [-0.05, 0) is 43.5 Å². The molecule has 3 aromatic carbocycles. The van der Waals surface area contributed by atoms with E-state index in [-0.39, 0.29) is 30.6 Å². The Morgan fingerprint density at radius 2 is 1.54 bits per heavy atom. The fourth-order valence-corrected chi connectivity index (χ4v) is 4.98. The molecule has 2 amide bonds. The first-order chi connectivity index (χ1) is 18.5. The molecule has 208 valence electrons. The highest BCUT2D eigenvalue weighted by atomic mass is 32.2. The minimum atomic E-state index is -4.03. The number of sulfonamides is 1. The van der Waals surface area contributed by atoms with Gasteiger partial charge in [0.15, 0.2) is 0 Å². The maximum atomic E-state index is 14.7. The third-order valence-corrected chi connectivity index (χ3v) is 7.67. The predicted molar refractivity (Wildman–Crippen MR) is 152 cm³/mol. The average molecular weight is 554 g/mol. The Morgan fingerprint density at radius 1 is 0.923 bits per heavy atom. The second kappa shape index (κ2) is 13.4. The number of aryl methyl sites for hydroxylation is 1. The van der Waals surface area contributed by atoms with E-state index < -0.39 is 34.3 Å². The van der Waals surface area contributed by atoms with Gasteiger partial charge in [0.25, 0.3) is 0 Å². The van der Waals surface area contributed by atoms with Crippen LogP contribution in [0, 0.1) is 12.7 Å². The summed E-state index contributed by atoms with van der Waals surface area (Å²) < 4.78 is 40.9. The maximum absolute atomic E-state index is 14.7. The number of nitrogens with one attached hydrogen (secondary N) is 1. The number of para-hydroxylation sites is 1. The Morgan fingerprint density at radius 3 is 2.13 bits per heavy atom. The van der Waals surface area contributed by atoms with E-state index in [2.05, 4.69) is 5.32 Å². The van der Waals surface area contributed by atoms with Crippen molar-refractivity contribution in [1.29, 1.82) is 0 Å². The van der Waals surface area contributed by atoms with E-state index in [0.717, 1.165) is 33.3 Å². The van der Waals surface area contributed by atoms with Crippen molar-refractivity contribution in [2.75, 3.05) is 17.1 Å². The number of hydrogen-bond donors (Lipinski definition) is 1. The molecule has 0 aliphatic carbocycles. The van der Waals surface area contributed by atoms with Gasteiger partial charge in [0.1, 0.15) is 18.4 Å². The van der Waals surface area contributed by atoms with E-state index in [4.69, 9.17) is 0 Å². The van der Waals surface area contributed by atoms with Gasteiger partial charge in [-0.3, -0.25) is 13.9 Å². The molecule has 0 aliphatic rings. The van der Waals surface area contributed by atoms with Crippen LogP contribution >= 0.6 is 0 Å². The molecule has 0 bridgehead atoms. The van der Waals surface area contributed by atoms with Crippen LogP contribution in [0.5, 0.6) is 0 Å². The van der Waals surface area contributed by atoms with Crippen LogP contribution in [0.2, 0.25) is 0 Å². The summed E-state index contributed by atoms with van der Waals surface area (Å²) in [4.78, 5) is 29.0. The number of carbonyl (C=O) groups excluding carboxylic acids is 2. The van der Waals surface area contributed by atoms with Crippen LogP contribution in [0.3, 0.4) is 0 Å². The first-order valence-electron chi connectivity index (χ1n) is 12.9. The van der Waals surface area contributed by atoms with E-state index in [1.54, 1.807) is 0 Å². The maximum Gasteiger partial charge on any atom is 0.244 e. The van der Waals surface area contributed by atoms with E-state index in [9.17, 15) is 22.4 Å². The fourth-order valence-electron chi connectivity index (χ4n) is 4.13. The van der Waals surface area contributed by atoms with Crippen molar-refractivity contribution in [2.24, 2.45) is 0 Å². The fraction of sp³-hybridized carbons (Fsp3) is 0.333. The third kappa shape index (κ3) is 8.38. The smallest absolute Gasteiger partial charge is 0.244 e. The van der Waals surface area contributed by atoms with Crippen molar-refractivity contribution in [2.45, 2.75) is 52.2 Å². The van der Waals surface area contributed by atoms with E-state index in [1.807, 2.05) is 75.4 Å². The summed E-state index contributed by atoms with van der Waals surface area (Å²) in [6.45, 7) is 5.19. The monoisotopic (exact) mass is 553 g/mol. The molecule has 0 saturated carbocycles. The Balaban J connectivity index is 2.06. The first kappa shape index (κ1) is 29.8. The first-order valence-corrected chi connectivity index (χ1v) is 14.8. The standard InChI is InChI=1S/C30H36FN3O4S/c1-5-23(3)32-30(36)28(19-24-11-7-6-8-12-24)33(20-25-17-15-22(2)16-18-25)29(35)21-34(39(4,37)38)27-14-10-9-13-26(27)31/h6-18,23,28H,5,19-21H2,1-4H3,(H,32,36). The molecule has 39 heavy (non-hydrogen) atoms. The molecule has 2 atom stereocenters. The van der Waals surface area contributed by atoms with Crippen molar-refractivity contribution in [3.63, 3.8) is 0 Å². The molecule has 3 rings (SSSR count). The Bertz CT molecular complexity index is 1360. The van der Waals surface area contributed by atoms with Crippen LogP contribution < -0.4 is 9.62 Å². The zero-order valence-corrected chi connectivity index (χ0v) is 23.6. The van der Waals surface area contributed by atoms with Gasteiger partial charge in [-0.1, -0.05) is 79.2 Å². The summed E-state index contributed by atoms with van der Waals surface area (Å²) in [6, 6.07) is 21.2. The van der Waals surface area contributed by atoms with Crippen molar-refractivity contribution in [1.82, 2.24) is 10.2 Å². The van der Waals surface area contributed by atoms with Gasteiger partial charge in [0.05, 0.1) is 11.9 Å². The lowest BCUT2D eigenvalue weighted by atomic mass is 10.0. The highest BCUT2D eigenvalue weighted by Crippen LogP contribution is 2.23. The number of carbonyl (C=O) groups is 2. The van der Waals surface area contributed by atoms with E-state index in [0.29, 0.717) is 6.42 Å². The molecule has 0 aliphatic heterocycles. The minimum Gasteiger partial charge on any atom is -0.352 e. The van der Waals surface area contributed by atoms with Crippen LogP contribution in [0.4, 0.5) is 10.1 Å². The molecule has 0 aromatic heterocycles. The second-order valence-electron chi connectivity index (χ2n) is 9.75. The molecule has 2 unspecified atom stereocenters. The van der Waals surface area contributed by atoms with Crippen molar-refractivity contribution >= 4 is 27.5 Å². The van der Waals surface area contributed by atoms with Gasteiger partial charge in [0.2, 0.25) is 21.8 Å². The Hall–Kier alpha value is -3.72. The summed E-state index contributed by atoms with van der Waals surface area (Å²) in [5.41, 5.74) is 2.43. The van der Waals surface area contributed by atoms with Crippen LogP contribution in [-0.4, -0.2) is 50.0 Å². The largest absolute Gasteiger partial charge is 0.352 e. The van der Waals surface area contributed by atoms with Gasteiger partial charge in [-0.15, -0.1) is 0 Å². The topological polar surface area (TPSA) is 86.8 Å². The molecule has 0 heterocycles. The van der Waals surface area contributed by atoms with Crippen molar-refractivity contribution in [3.8, 4) is 0 Å². The average Bonchev–Trinajstić information content (AvgIpc) is 2.90. The molecule has 1 N–H and O–H groups in total. The van der Waals surface area contributed by atoms with E-state index >= 15 is 0 Å². The summed E-state index contributed by atoms with van der Waals surface area (Å²) in [7, 11) is -4.03. The van der Waals surface area contributed by atoms with Gasteiger partial charge in [0, 0.05) is 19.0 Å². The lowest BCUT2D eigenvalue weighted by Crippen LogP contribution is -2.54. The van der Waals surface area contributed by atoms with Crippen LogP contribution in [0.25, 0.3) is 0 Å². The SMILES string of the molecule is CCC(C)NC(=O)C(Cc1ccccc1)N(Cc1ccc(C)cc1)C(=O)CN(c1ccccc1F)S(C)(=O)=O. The molecule has 0 spiro atoms. The lowest BCUT2D eigenvalue weighted by molar-refractivity contribution is -0.140. The highest BCUT2D eigenvalue weighted by Gasteiger charge is 2.34. The number of hydrogen-bond acceptors (Lipinski definition) is 4. The zero-order chi connectivity index (χ0) is 28.6. The molecule has 7 nitrogen and oxygen atoms in total. The summed E-state index contributed by atoms with van der Waals surface area (Å²) >= 11 is 0. The van der Waals surface area contributed by atoms with Gasteiger partial charge >= 0.3 is 0 Å². The van der Waals surface area contributed by atoms with Crippen molar-refractivity contribution in [3.05, 3.63) is 101 Å². The number of anilines is 1. The normalized spacial score (nSPS) is 12.8. The van der Waals surface area contributed by atoms with Gasteiger partial charge < -0.3 is 10.2 Å². The molecule has 0 radical (unpaired) electrons. The summed E-state index contributed by atoms with van der Waals surface area (Å²) in [6.07, 6.45) is 1.85. The number of nitrogens with zero attached hydrogens (tertiary/aromatic N) is 2. The molecule has 9 heteroatoms. The quantitative estimate of drug-likeness (QED) is 0.359. The van der Waals surface area contributed by atoms with Gasteiger partial charge in [-0.25, -0.2) is 12.8 Å². The van der Waals surface area contributed by atoms with Crippen LogP contribution in [0.1, 0.15) is 37.0 Å². The number of rotatable bonds is 12. The Kier molecular flexibility index (Phi) is 10.2. The lowest BCUT2D eigenvalue weighted by Gasteiger charge is -2.34. The number of amides is 2. The molecular weight excluding hydrogens is 517 g/mol. The molecule has 0 saturated heterocycles. The third-order valence-electron chi connectivity index (χ3n) is 6.55. The van der Waals surface area contributed by atoms with E-state index in [1.165, 1.54) is 23.1 Å². The molecule has 0 fully saturated rings.